The quantitative estimate of drug-likeness (QED) is 0.275. The van der Waals surface area contributed by atoms with Crippen LogP contribution in [-0.2, 0) is 48.7 Å². The van der Waals surface area contributed by atoms with Crippen molar-refractivity contribution in [2.45, 2.75) is 0 Å². The van der Waals surface area contributed by atoms with Crippen LogP contribution in [0.25, 0.3) is 0 Å². The van der Waals surface area contributed by atoms with Crippen molar-refractivity contribution in [1.82, 2.24) is 0 Å². The first-order valence-corrected chi connectivity index (χ1v) is 4.88. The molecule has 0 aromatic carbocycles. The molecule has 0 saturated heterocycles. The van der Waals surface area contributed by atoms with E-state index in [0.29, 0.717) is 0 Å². The second-order valence-corrected chi connectivity index (χ2v) is 3.07. The number of hydrogen-bond acceptors (Lipinski definition) is 6. The zero-order valence-electron chi connectivity index (χ0n) is 4.46. The van der Waals surface area contributed by atoms with Crippen LogP contribution in [0.5, 0.6) is 0 Å². The van der Waals surface area contributed by atoms with Gasteiger partial charge in [-0.2, -0.15) is 0 Å². The first-order valence-electron chi connectivity index (χ1n) is 1.37. The minimum absolute atomic E-state index is 0. The Hall–Kier alpha value is 0.442. The summed E-state index contributed by atoms with van der Waals surface area (Å²) in [4.78, 5) is 0. The molecule has 0 spiro atoms. The molecule has 0 amide bonds. The summed E-state index contributed by atoms with van der Waals surface area (Å²) in [7, 11) is -5.17. The minimum atomic E-state index is -5.25. The Morgan fingerprint density at radius 2 is 1.09 bits per heavy atom. The Morgan fingerprint density at radius 1 is 1.09 bits per heavy atom. The maximum atomic E-state index is 8.82. The van der Waals surface area contributed by atoms with Gasteiger partial charge in [-0.15, -0.1) is 0 Å². The fourth-order valence-corrected chi connectivity index (χ4v) is 0. The molecule has 0 fully saturated rings. The van der Waals surface area contributed by atoms with Gasteiger partial charge in [-0.05, 0) is 0 Å². The van der Waals surface area contributed by atoms with Crippen LogP contribution in [0, 0.1) is 0 Å². The van der Waals surface area contributed by atoms with Gasteiger partial charge >= 0.3 is 46.6 Å². The zero-order valence-corrected chi connectivity index (χ0v) is 7.50. The van der Waals surface area contributed by atoms with Gasteiger partial charge in [0.25, 0.3) is 0 Å². The van der Waals surface area contributed by atoms with Gasteiger partial charge in [0.2, 0.25) is 0 Å². The van der Waals surface area contributed by atoms with E-state index in [-0.39, 0.29) is 17.1 Å². The van der Waals surface area contributed by atoms with E-state index in [1.807, 2.05) is 0 Å². The van der Waals surface area contributed by atoms with E-state index in [0.717, 1.165) is 0 Å². The Balaban J connectivity index is -0.000000107. The van der Waals surface area contributed by atoms with E-state index >= 15 is 0 Å². The summed E-state index contributed by atoms with van der Waals surface area (Å²) in [6.45, 7) is 0. The molecule has 0 aromatic rings. The molecule has 0 saturated carbocycles. The van der Waals surface area contributed by atoms with Gasteiger partial charge in [-0.25, -0.2) is 0 Å². The molecule has 73 valence electrons. The Kier molecular flexibility index (Phi) is 9.57. The Labute approximate surface area is 74.7 Å². The zero-order chi connectivity index (χ0) is 9.00. The summed E-state index contributed by atoms with van der Waals surface area (Å²) in [5.74, 6) is 0. The topological polar surface area (TPSA) is 155 Å². The summed E-state index contributed by atoms with van der Waals surface area (Å²) in [5, 5.41) is 0. The number of hydrogen-bond donors (Lipinski definition) is 2. The third-order valence-corrected chi connectivity index (χ3v) is 0. The van der Waals surface area contributed by atoms with E-state index in [1.165, 1.54) is 0 Å². The van der Waals surface area contributed by atoms with E-state index < -0.39 is 24.0 Å². The van der Waals surface area contributed by atoms with Crippen LogP contribution in [0.2, 0.25) is 0 Å². The van der Waals surface area contributed by atoms with Crippen LogP contribution in [-0.4, -0.2) is 25.8 Å². The van der Waals surface area contributed by atoms with E-state index in [1.54, 1.807) is 0 Å². The van der Waals surface area contributed by atoms with Crippen molar-refractivity contribution in [3.8, 4) is 0 Å². The van der Waals surface area contributed by atoms with Gasteiger partial charge in [0.15, 0.2) is 0 Å². The van der Waals surface area contributed by atoms with Crippen LogP contribution in [0.15, 0.2) is 0 Å². The standard InChI is InChI=1S/Cr.Cu.H2O4S.2H2O.2O/c;;1-5(2,3)4;;;;/h;;(H2,1,2,3,4);2*1H2;;/q2*+2;;;;;/p-4. The molecule has 0 aliphatic carbocycles. The van der Waals surface area contributed by atoms with Gasteiger partial charge in [0.05, 0.1) is 0 Å². The fraction of sp³-hybridized carbons (Fsp3) is 0. The van der Waals surface area contributed by atoms with E-state index in [9.17, 15) is 0 Å². The molecule has 11 heavy (non-hydrogen) atoms. The summed E-state index contributed by atoms with van der Waals surface area (Å²) in [6.07, 6.45) is 0. The summed E-state index contributed by atoms with van der Waals surface area (Å²) < 4.78 is 66.0. The molecule has 0 unspecified atom stereocenters. The second kappa shape index (κ2) is 6.01. The molecular weight excluding hydrogens is 276 g/mol. The molecule has 0 aliphatic rings. The maximum absolute atomic E-state index is 8.82. The molecule has 8 nitrogen and oxygen atoms in total. The average Bonchev–Trinajstić information content (AvgIpc) is 1.12. The van der Waals surface area contributed by atoms with Crippen LogP contribution >= 0.6 is 0 Å². The molecule has 0 aliphatic heterocycles. The van der Waals surface area contributed by atoms with E-state index in [4.69, 9.17) is 33.4 Å². The molecule has 0 rings (SSSR count). The average molecular weight is 278 g/mol. The summed E-state index contributed by atoms with van der Waals surface area (Å²) >= 11 is -5.25. The van der Waals surface area contributed by atoms with E-state index in [2.05, 4.69) is 0 Å². The first-order chi connectivity index (χ1) is 4.00. The Morgan fingerprint density at radius 3 is 1.09 bits per heavy atom. The van der Waals surface area contributed by atoms with Crippen LogP contribution < -0.4 is 0 Å². The molecule has 0 aromatic heterocycles. The van der Waals surface area contributed by atoms with Crippen molar-refractivity contribution >= 4 is 10.4 Å². The normalized spacial score (nSPS) is 10.5. The SMILES string of the molecule is O=S(=O)([O-])[O-].[Cu+2].[O]=[Cr](=[O])([OH])[OH]. The van der Waals surface area contributed by atoms with Gasteiger partial charge in [0, 0.05) is 10.4 Å². The van der Waals surface area contributed by atoms with Crippen LogP contribution in [0.3, 0.4) is 0 Å². The van der Waals surface area contributed by atoms with Gasteiger partial charge in [-0.3, -0.25) is 8.42 Å². The molecule has 0 heterocycles. The predicted octanol–water partition coefficient (Wildman–Crippen LogP) is -2.69. The summed E-state index contributed by atoms with van der Waals surface area (Å²) in [6, 6.07) is 0. The van der Waals surface area contributed by atoms with Crippen molar-refractivity contribution in [2.75, 3.05) is 0 Å². The summed E-state index contributed by atoms with van der Waals surface area (Å²) in [5.41, 5.74) is 0. The van der Waals surface area contributed by atoms with Crippen molar-refractivity contribution in [3.05, 3.63) is 0 Å². The molecule has 0 bridgehead atoms. The monoisotopic (exact) mass is 277 g/mol. The molecule has 0 atom stereocenters. The van der Waals surface area contributed by atoms with Crippen LogP contribution in [0.1, 0.15) is 0 Å². The van der Waals surface area contributed by atoms with Crippen molar-refractivity contribution in [3.63, 3.8) is 0 Å². The van der Waals surface area contributed by atoms with Gasteiger partial charge in [0.1, 0.15) is 0 Å². The van der Waals surface area contributed by atoms with Crippen molar-refractivity contribution < 1.29 is 64.1 Å². The fourth-order valence-electron chi connectivity index (χ4n) is 0. The molecule has 11 heteroatoms. The van der Waals surface area contributed by atoms with Gasteiger partial charge in [-0.1, -0.05) is 0 Å². The predicted molar refractivity (Wildman–Crippen MR) is 16.3 cm³/mol. The second-order valence-electron chi connectivity index (χ2n) is 0.856. The van der Waals surface area contributed by atoms with Crippen molar-refractivity contribution in [1.29, 1.82) is 0 Å². The molecule has 1 radical (unpaired) electrons. The van der Waals surface area contributed by atoms with Crippen molar-refractivity contribution in [2.24, 2.45) is 0 Å². The van der Waals surface area contributed by atoms with Crippen LogP contribution in [0.4, 0.5) is 0 Å². The molecular formula is H2CrCuO8S. The molecule has 2 N–H and O–H groups in total. The van der Waals surface area contributed by atoms with Gasteiger partial charge < -0.3 is 9.11 Å². The Bertz CT molecular complexity index is 210. The number of rotatable bonds is 0. The first kappa shape index (κ1) is 17.5. The third kappa shape index (κ3) is 3810. The third-order valence-electron chi connectivity index (χ3n) is 0.